The van der Waals surface area contributed by atoms with Gasteiger partial charge in [0.25, 0.3) is 5.91 Å². The van der Waals surface area contributed by atoms with Crippen molar-refractivity contribution >= 4 is 23.5 Å². The molecular weight excluding hydrogens is 328 g/mol. The van der Waals surface area contributed by atoms with Crippen LogP contribution in [0, 0.1) is 11.3 Å². The zero-order chi connectivity index (χ0) is 17.5. The van der Waals surface area contributed by atoms with Gasteiger partial charge in [-0.25, -0.2) is 4.79 Å². The summed E-state index contributed by atoms with van der Waals surface area (Å²) in [6.07, 6.45) is 0.262. The predicted octanol–water partition coefficient (Wildman–Crippen LogP) is 2.73. The molecule has 0 aromatic heterocycles. The molecule has 0 saturated carbocycles. The van der Waals surface area contributed by atoms with E-state index in [4.69, 9.17) is 21.6 Å². The fourth-order valence-electron chi connectivity index (χ4n) is 2.13. The topological polar surface area (TPSA) is 79.2 Å². The monoisotopic (exact) mass is 342 g/mol. The van der Waals surface area contributed by atoms with E-state index in [1.165, 1.54) is 7.11 Å². The minimum absolute atomic E-state index is 0.262. The van der Waals surface area contributed by atoms with Gasteiger partial charge in [-0.2, -0.15) is 5.26 Å². The molecule has 6 heteroatoms. The molecule has 0 heterocycles. The first-order valence-electron chi connectivity index (χ1n) is 7.17. The van der Waals surface area contributed by atoms with Crippen LogP contribution < -0.4 is 5.32 Å². The van der Waals surface area contributed by atoms with Gasteiger partial charge in [0, 0.05) is 17.0 Å². The number of nitrogens with one attached hydrogen (secondary N) is 1. The van der Waals surface area contributed by atoms with E-state index >= 15 is 0 Å². The SMILES string of the molecule is COC(=O)[C@@H](Cc1ccc(C#N)cc1)NC(=O)c1ccc(Cl)cc1. The number of esters is 1. The number of hydrogen-bond donors (Lipinski definition) is 1. The Morgan fingerprint density at radius 3 is 2.33 bits per heavy atom. The first kappa shape index (κ1) is 17.5. The van der Waals surface area contributed by atoms with Gasteiger partial charge in [-0.1, -0.05) is 23.7 Å². The Morgan fingerprint density at radius 1 is 1.17 bits per heavy atom. The molecular formula is C18H15ClN2O3. The highest BCUT2D eigenvalue weighted by molar-refractivity contribution is 6.30. The van der Waals surface area contributed by atoms with E-state index in [2.05, 4.69) is 5.32 Å². The van der Waals surface area contributed by atoms with E-state index in [0.717, 1.165) is 5.56 Å². The van der Waals surface area contributed by atoms with Crippen LogP contribution in [0.5, 0.6) is 0 Å². The Balaban J connectivity index is 2.12. The van der Waals surface area contributed by atoms with Crippen LogP contribution in [0.3, 0.4) is 0 Å². The minimum atomic E-state index is -0.828. The standard InChI is InChI=1S/C18H15ClN2O3/c1-24-18(23)16(10-12-2-4-13(11-20)5-3-12)21-17(22)14-6-8-15(19)9-7-14/h2-9,16H,10H2,1H3,(H,21,22)/t16-/m1/s1. The number of nitrogens with zero attached hydrogens (tertiary/aromatic N) is 1. The number of methoxy groups -OCH3 is 1. The molecule has 0 bridgehead atoms. The largest absolute Gasteiger partial charge is 0.467 e. The van der Waals surface area contributed by atoms with Crippen molar-refractivity contribution in [3.8, 4) is 6.07 Å². The molecule has 5 nitrogen and oxygen atoms in total. The van der Waals surface area contributed by atoms with E-state index in [-0.39, 0.29) is 6.42 Å². The van der Waals surface area contributed by atoms with Crippen molar-refractivity contribution < 1.29 is 14.3 Å². The first-order valence-corrected chi connectivity index (χ1v) is 7.54. The quantitative estimate of drug-likeness (QED) is 0.847. The lowest BCUT2D eigenvalue weighted by atomic mass is 10.0. The van der Waals surface area contributed by atoms with Gasteiger partial charge in [-0.3, -0.25) is 4.79 Å². The molecule has 2 aromatic carbocycles. The molecule has 2 rings (SSSR count). The molecule has 0 fully saturated rings. The van der Waals surface area contributed by atoms with Gasteiger partial charge in [-0.15, -0.1) is 0 Å². The van der Waals surface area contributed by atoms with E-state index in [0.29, 0.717) is 16.1 Å². The molecule has 1 atom stereocenters. The lowest BCUT2D eigenvalue weighted by molar-refractivity contribution is -0.142. The third-order valence-corrected chi connectivity index (χ3v) is 3.67. The van der Waals surface area contributed by atoms with Crippen LogP contribution in [-0.2, 0) is 16.0 Å². The highest BCUT2D eigenvalue weighted by Gasteiger charge is 2.22. The van der Waals surface area contributed by atoms with Crippen LogP contribution in [0.25, 0.3) is 0 Å². The fraction of sp³-hybridized carbons (Fsp3) is 0.167. The zero-order valence-corrected chi connectivity index (χ0v) is 13.7. The van der Waals surface area contributed by atoms with Gasteiger partial charge in [0.2, 0.25) is 0 Å². The van der Waals surface area contributed by atoms with Gasteiger partial charge in [-0.05, 0) is 42.0 Å². The molecule has 0 aliphatic carbocycles. The van der Waals surface area contributed by atoms with Crippen LogP contribution in [-0.4, -0.2) is 25.0 Å². The Bertz CT molecular complexity index is 764. The number of ether oxygens (including phenoxy) is 1. The number of hydrogen-bond acceptors (Lipinski definition) is 4. The van der Waals surface area contributed by atoms with Crippen LogP contribution in [0.2, 0.25) is 5.02 Å². The molecule has 1 amide bonds. The van der Waals surface area contributed by atoms with Crippen LogP contribution in [0.4, 0.5) is 0 Å². The maximum atomic E-state index is 12.3. The summed E-state index contributed by atoms with van der Waals surface area (Å²) in [6, 6.07) is 14.3. The number of carbonyl (C=O) groups is 2. The first-order chi connectivity index (χ1) is 11.5. The smallest absolute Gasteiger partial charge is 0.328 e. The summed E-state index contributed by atoms with van der Waals surface area (Å²) in [5.41, 5.74) is 1.73. The van der Waals surface area contributed by atoms with E-state index in [1.54, 1.807) is 48.5 Å². The highest BCUT2D eigenvalue weighted by Crippen LogP contribution is 2.11. The molecule has 0 spiro atoms. The summed E-state index contributed by atoms with van der Waals surface area (Å²) < 4.78 is 4.76. The second kappa shape index (κ2) is 8.14. The lowest BCUT2D eigenvalue weighted by Gasteiger charge is -2.16. The van der Waals surface area contributed by atoms with E-state index < -0.39 is 17.9 Å². The number of carbonyl (C=O) groups excluding carboxylic acids is 2. The summed E-state index contributed by atoms with van der Waals surface area (Å²) >= 11 is 5.80. The van der Waals surface area contributed by atoms with Gasteiger partial charge in [0.1, 0.15) is 6.04 Å². The van der Waals surface area contributed by atoms with Crippen LogP contribution in [0.15, 0.2) is 48.5 Å². The minimum Gasteiger partial charge on any atom is -0.467 e. The van der Waals surface area contributed by atoms with Crippen molar-refractivity contribution in [1.29, 1.82) is 5.26 Å². The van der Waals surface area contributed by atoms with Crippen molar-refractivity contribution in [1.82, 2.24) is 5.32 Å². The number of halogens is 1. The van der Waals surface area contributed by atoms with E-state index in [1.807, 2.05) is 6.07 Å². The Hall–Kier alpha value is -2.84. The predicted molar refractivity (Wildman–Crippen MR) is 89.6 cm³/mol. The second-order valence-electron chi connectivity index (χ2n) is 5.07. The molecule has 122 valence electrons. The van der Waals surface area contributed by atoms with Crippen LogP contribution >= 0.6 is 11.6 Å². The van der Waals surface area contributed by atoms with Gasteiger partial charge in [0.15, 0.2) is 0 Å². The van der Waals surface area contributed by atoms with Gasteiger partial charge < -0.3 is 10.1 Å². The molecule has 0 aliphatic heterocycles. The summed E-state index contributed by atoms with van der Waals surface area (Å²) in [5.74, 6) is -0.933. The van der Waals surface area contributed by atoms with Crippen molar-refractivity contribution in [2.45, 2.75) is 12.5 Å². The number of benzene rings is 2. The number of rotatable bonds is 5. The molecule has 0 saturated heterocycles. The van der Waals surface area contributed by atoms with Crippen molar-refractivity contribution in [2.75, 3.05) is 7.11 Å². The zero-order valence-electron chi connectivity index (χ0n) is 13.0. The molecule has 0 radical (unpaired) electrons. The molecule has 2 aromatic rings. The highest BCUT2D eigenvalue weighted by atomic mass is 35.5. The van der Waals surface area contributed by atoms with Gasteiger partial charge in [0.05, 0.1) is 18.7 Å². The summed E-state index contributed by atoms with van der Waals surface area (Å²) in [7, 11) is 1.27. The molecule has 0 aliphatic rings. The Morgan fingerprint density at radius 2 is 1.79 bits per heavy atom. The van der Waals surface area contributed by atoms with Crippen LogP contribution in [0.1, 0.15) is 21.5 Å². The summed E-state index contributed by atoms with van der Waals surface area (Å²) in [6.45, 7) is 0. The Kier molecular flexibility index (Phi) is 5.94. The van der Waals surface area contributed by atoms with E-state index in [9.17, 15) is 9.59 Å². The third-order valence-electron chi connectivity index (χ3n) is 3.42. The van der Waals surface area contributed by atoms with Crippen molar-refractivity contribution in [2.24, 2.45) is 0 Å². The fourth-order valence-corrected chi connectivity index (χ4v) is 2.26. The summed E-state index contributed by atoms with van der Waals surface area (Å²) in [4.78, 5) is 24.2. The average molecular weight is 343 g/mol. The summed E-state index contributed by atoms with van der Waals surface area (Å²) in [5, 5.41) is 12.0. The molecule has 1 N–H and O–H groups in total. The molecule has 0 unspecified atom stereocenters. The molecule has 24 heavy (non-hydrogen) atoms. The van der Waals surface area contributed by atoms with Crippen molar-refractivity contribution in [3.63, 3.8) is 0 Å². The normalized spacial score (nSPS) is 11.2. The number of nitriles is 1. The third kappa shape index (κ3) is 4.58. The number of amides is 1. The second-order valence-corrected chi connectivity index (χ2v) is 5.51. The Labute approximate surface area is 144 Å². The lowest BCUT2D eigenvalue weighted by Crippen LogP contribution is -2.43. The average Bonchev–Trinajstić information content (AvgIpc) is 2.61. The maximum absolute atomic E-state index is 12.3. The maximum Gasteiger partial charge on any atom is 0.328 e. The van der Waals surface area contributed by atoms with Gasteiger partial charge >= 0.3 is 5.97 Å². The van der Waals surface area contributed by atoms with Crippen molar-refractivity contribution in [3.05, 3.63) is 70.2 Å².